The Labute approximate surface area is 109 Å². The number of hydrogen-bond donors (Lipinski definition) is 2. The van der Waals surface area contributed by atoms with Crippen LogP contribution >= 0.6 is 0 Å². The Balaban J connectivity index is 1.98. The van der Waals surface area contributed by atoms with Gasteiger partial charge in [0, 0.05) is 18.9 Å². The van der Waals surface area contributed by atoms with Crippen LogP contribution in [0.1, 0.15) is 32.3 Å². The first kappa shape index (κ1) is 12.9. The predicted molar refractivity (Wildman–Crippen MR) is 66.3 cm³/mol. The SMILES string of the molecule is Cc1ocnc1C(=O)NNC(=O)c1cc(C)n(C)c1. The lowest BCUT2D eigenvalue weighted by Crippen LogP contribution is -2.41. The number of carbonyl (C=O) groups is 2. The predicted octanol–water partition coefficient (Wildman–Crippen LogP) is 0.705. The summed E-state index contributed by atoms with van der Waals surface area (Å²) in [5.41, 5.74) is 6.16. The zero-order chi connectivity index (χ0) is 14.0. The van der Waals surface area contributed by atoms with E-state index >= 15 is 0 Å². The standard InChI is InChI=1S/C12H14N4O3/c1-7-4-9(5-16(7)3)11(17)14-15-12(18)10-8(2)19-6-13-10/h4-6H,1-3H3,(H,14,17)(H,15,18). The van der Waals surface area contributed by atoms with Crippen molar-refractivity contribution in [3.05, 3.63) is 41.4 Å². The first-order valence-corrected chi connectivity index (χ1v) is 5.62. The fourth-order valence-corrected chi connectivity index (χ4v) is 1.57. The molecule has 0 unspecified atom stereocenters. The van der Waals surface area contributed by atoms with Crippen LogP contribution in [0, 0.1) is 13.8 Å². The van der Waals surface area contributed by atoms with E-state index in [1.165, 1.54) is 6.39 Å². The van der Waals surface area contributed by atoms with Gasteiger partial charge in [0.1, 0.15) is 5.76 Å². The Hall–Kier alpha value is -2.57. The van der Waals surface area contributed by atoms with E-state index in [4.69, 9.17) is 4.42 Å². The summed E-state index contributed by atoms with van der Waals surface area (Å²) in [6.07, 6.45) is 2.85. The largest absolute Gasteiger partial charge is 0.448 e. The quantitative estimate of drug-likeness (QED) is 0.780. The van der Waals surface area contributed by atoms with Crippen LogP contribution in [-0.4, -0.2) is 21.4 Å². The highest BCUT2D eigenvalue weighted by Crippen LogP contribution is 2.06. The third-order valence-corrected chi connectivity index (χ3v) is 2.77. The van der Waals surface area contributed by atoms with Crippen LogP contribution in [0.15, 0.2) is 23.1 Å². The van der Waals surface area contributed by atoms with Gasteiger partial charge in [-0.05, 0) is 19.9 Å². The summed E-state index contributed by atoms with van der Waals surface area (Å²) < 4.78 is 6.73. The lowest BCUT2D eigenvalue weighted by molar-refractivity contribution is 0.0843. The number of rotatable bonds is 2. The molecule has 0 saturated carbocycles. The molecule has 7 nitrogen and oxygen atoms in total. The molecule has 0 aliphatic heterocycles. The normalized spacial score (nSPS) is 10.3. The monoisotopic (exact) mass is 262 g/mol. The highest BCUT2D eigenvalue weighted by Gasteiger charge is 2.15. The van der Waals surface area contributed by atoms with Gasteiger partial charge in [0.05, 0.1) is 5.56 Å². The average molecular weight is 262 g/mol. The number of aromatic nitrogens is 2. The maximum absolute atomic E-state index is 11.8. The molecule has 2 aromatic rings. The first-order chi connectivity index (χ1) is 8.99. The van der Waals surface area contributed by atoms with E-state index in [0.717, 1.165) is 5.69 Å². The van der Waals surface area contributed by atoms with Gasteiger partial charge >= 0.3 is 0 Å². The highest BCUT2D eigenvalue weighted by atomic mass is 16.3. The van der Waals surface area contributed by atoms with Crippen LogP contribution in [0.3, 0.4) is 0 Å². The summed E-state index contributed by atoms with van der Waals surface area (Å²) >= 11 is 0. The third-order valence-electron chi connectivity index (χ3n) is 2.77. The second-order valence-electron chi connectivity index (χ2n) is 4.15. The zero-order valence-corrected chi connectivity index (χ0v) is 10.9. The van der Waals surface area contributed by atoms with E-state index in [-0.39, 0.29) is 5.69 Å². The minimum Gasteiger partial charge on any atom is -0.448 e. The van der Waals surface area contributed by atoms with E-state index in [2.05, 4.69) is 15.8 Å². The molecule has 2 aromatic heterocycles. The van der Waals surface area contributed by atoms with E-state index in [1.807, 2.05) is 18.5 Å². The van der Waals surface area contributed by atoms with Gasteiger partial charge < -0.3 is 8.98 Å². The number of amides is 2. The first-order valence-electron chi connectivity index (χ1n) is 5.62. The fourth-order valence-electron chi connectivity index (χ4n) is 1.57. The Kier molecular flexibility index (Phi) is 3.37. The second-order valence-corrected chi connectivity index (χ2v) is 4.15. The lowest BCUT2D eigenvalue weighted by atomic mass is 10.3. The Bertz CT molecular complexity index is 607. The van der Waals surface area contributed by atoms with Crippen molar-refractivity contribution in [3.8, 4) is 0 Å². The van der Waals surface area contributed by atoms with Gasteiger partial charge in [-0.2, -0.15) is 0 Å². The smallest absolute Gasteiger partial charge is 0.291 e. The molecule has 0 aromatic carbocycles. The highest BCUT2D eigenvalue weighted by molar-refractivity contribution is 5.98. The molecule has 0 saturated heterocycles. The number of nitrogens with zero attached hydrogens (tertiary/aromatic N) is 2. The molecular formula is C12H14N4O3. The van der Waals surface area contributed by atoms with Crippen LogP contribution in [0.4, 0.5) is 0 Å². The molecule has 0 spiro atoms. The molecule has 0 aliphatic carbocycles. The molecule has 0 fully saturated rings. The molecule has 7 heteroatoms. The number of nitrogens with one attached hydrogen (secondary N) is 2. The van der Waals surface area contributed by atoms with Crippen LogP contribution < -0.4 is 10.9 Å². The molecule has 0 bridgehead atoms. The molecule has 0 atom stereocenters. The van der Waals surface area contributed by atoms with Gasteiger partial charge in [0.25, 0.3) is 11.8 Å². The average Bonchev–Trinajstić information content (AvgIpc) is 2.93. The topological polar surface area (TPSA) is 89.2 Å². The van der Waals surface area contributed by atoms with Crippen LogP contribution in [0.25, 0.3) is 0 Å². The Morgan fingerprint density at radius 2 is 1.95 bits per heavy atom. The summed E-state index contributed by atoms with van der Waals surface area (Å²) in [5.74, 6) is -0.521. The number of carbonyl (C=O) groups excluding carboxylic acids is 2. The summed E-state index contributed by atoms with van der Waals surface area (Å²) in [4.78, 5) is 27.2. The molecule has 2 heterocycles. The lowest BCUT2D eigenvalue weighted by Gasteiger charge is -2.04. The molecule has 0 radical (unpaired) electrons. The Morgan fingerprint density at radius 1 is 1.26 bits per heavy atom. The van der Waals surface area contributed by atoms with E-state index in [0.29, 0.717) is 11.3 Å². The van der Waals surface area contributed by atoms with Crippen molar-refractivity contribution in [2.24, 2.45) is 7.05 Å². The number of aryl methyl sites for hydroxylation is 3. The summed E-state index contributed by atoms with van der Waals surface area (Å²) in [6, 6.07) is 1.73. The van der Waals surface area contributed by atoms with Crippen molar-refractivity contribution in [1.82, 2.24) is 20.4 Å². The maximum Gasteiger partial charge on any atom is 0.291 e. The number of hydrazine groups is 1. The van der Waals surface area contributed by atoms with Gasteiger partial charge in [-0.3, -0.25) is 20.4 Å². The van der Waals surface area contributed by atoms with Crippen molar-refractivity contribution in [1.29, 1.82) is 0 Å². The van der Waals surface area contributed by atoms with E-state index in [9.17, 15) is 9.59 Å². The molecule has 2 rings (SSSR count). The fraction of sp³-hybridized carbons (Fsp3) is 0.250. The molecular weight excluding hydrogens is 248 g/mol. The molecule has 2 amide bonds. The summed E-state index contributed by atoms with van der Waals surface area (Å²) in [7, 11) is 1.84. The van der Waals surface area contributed by atoms with Gasteiger partial charge in [-0.25, -0.2) is 4.98 Å². The Morgan fingerprint density at radius 3 is 2.47 bits per heavy atom. The summed E-state index contributed by atoms with van der Waals surface area (Å²) in [6.45, 7) is 3.50. The minimum absolute atomic E-state index is 0.143. The van der Waals surface area contributed by atoms with Crippen LogP contribution in [-0.2, 0) is 7.05 Å². The van der Waals surface area contributed by atoms with Crippen molar-refractivity contribution in [3.63, 3.8) is 0 Å². The van der Waals surface area contributed by atoms with Crippen molar-refractivity contribution < 1.29 is 14.0 Å². The van der Waals surface area contributed by atoms with Gasteiger partial charge in [-0.1, -0.05) is 0 Å². The number of oxazole rings is 1. The van der Waals surface area contributed by atoms with Gasteiger partial charge in [-0.15, -0.1) is 0 Å². The zero-order valence-electron chi connectivity index (χ0n) is 10.9. The van der Waals surface area contributed by atoms with Crippen molar-refractivity contribution in [2.75, 3.05) is 0 Å². The van der Waals surface area contributed by atoms with E-state index in [1.54, 1.807) is 19.2 Å². The molecule has 0 aliphatic rings. The van der Waals surface area contributed by atoms with Gasteiger partial charge in [0.2, 0.25) is 0 Å². The van der Waals surface area contributed by atoms with Gasteiger partial charge in [0.15, 0.2) is 12.1 Å². The van der Waals surface area contributed by atoms with Crippen molar-refractivity contribution in [2.45, 2.75) is 13.8 Å². The third kappa shape index (κ3) is 2.65. The summed E-state index contributed by atoms with van der Waals surface area (Å²) in [5, 5.41) is 0. The van der Waals surface area contributed by atoms with Crippen LogP contribution in [0.5, 0.6) is 0 Å². The molecule has 19 heavy (non-hydrogen) atoms. The maximum atomic E-state index is 11.8. The second kappa shape index (κ2) is 4.97. The number of hydrogen-bond acceptors (Lipinski definition) is 4. The minimum atomic E-state index is -0.521. The van der Waals surface area contributed by atoms with Crippen molar-refractivity contribution >= 4 is 11.8 Å². The van der Waals surface area contributed by atoms with Crippen LogP contribution in [0.2, 0.25) is 0 Å². The van der Waals surface area contributed by atoms with E-state index < -0.39 is 11.8 Å². The molecule has 100 valence electrons. The molecule has 2 N–H and O–H groups in total.